The summed E-state index contributed by atoms with van der Waals surface area (Å²) in [6, 6.07) is 7.39. The summed E-state index contributed by atoms with van der Waals surface area (Å²) in [5.74, 6) is 0.804. The first-order valence-corrected chi connectivity index (χ1v) is 7.29. The van der Waals surface area contributed by atoms with Gasteiger partial charge in [0.1, 0.15) is 5.75 Å². The molecule has 0 aliphatic heterocycles. The molecule has 3 atom stereocenters. The highest BCUT2D eigenvalue weighted by atomic mass is 16.5. The third-order valence-electron chi connectivity index (χ3n) is 3.28. The number of hydrogen-bond acceptors (Lipinski definition) is 4. The summed E-state index contributed by atoms with van der Waals surface area (Å²) >= 11 is 0. The van der Waals surface area contributed by atoms with Crippen molar-refractivity contribution in [3.05, 3.63) is 29.8 Å². The molecular weight excluding hydrogens is 254 g/mol. The van der Waals surface area contributed by atoms with Gasteiger partial charge in [0.25, 0.3) is 0 Å². The van der Waals surface area contributed by atoms with Gasteiger partial charge in [0.15, 0.2) is 0 Å². The molecule has 0 amide bonds. The molecule has 0 aromatic heterocycles. The van der Waals surface area contributed by atoms with Gasteiger partial charge in [-0.25, -0.2) is 0 Å². The van der Waals surface area contributed by atoms with Crippen LogP contribution < -0.4 is 10.1 Å². The highest BCUT2D eigenvalue weighted by Gasteiger charge is 2.18. The van der Waals surface area contributed by atoms with Gasteiger partial charge in [0.05, 0.1) is 18.8 Å². The summed E-state index contributed by atoms with van der Waals surface area (Å²) in [7, 11) is 0. The monoisotopic (exact) mass is 281 g/mol. The molecule has 3 N–H and O–H groups in total. The number of aliphatic hydroxyl groups is 2. The summed E-state index contributed by atoms with van der Waals surface area (Å²) in [5.41, 5.74) is 0.842. The van der Waals surface area contributed by atoms with E-state index in [1.54, 1.807) is 0 Å². The van der Waals surface area contributed by atoms with Crippen LogP contribution in [0.15, 0.2) is 24.3 Å². The Hall–Kier alpha value is -1.10. The minimum Gasteiger partial charge on any atom is -0.491 e. The SMILES string of the molecule is CCC(CO)NC(C)C(O)c1ccc(OC(C)C)cc1. The minimum absolute atomic E-state index is 0.0168. The van der Waals surface area contributed by atoms with Crippen molar-refractivity contribution in [3.8, 4) is 5.75 Å². The van der Waals surface area contributed by atoms with Crippen LogP contribution in [0, 0.1) is 0 Å². The van der Waals surface area contributed by atoms with E-state index in [4.69, 9.17) is 4.74 Å². The van der Waals surface area contributed by atoms with Crippen molar-refractivity contribution in [2.75, 3.05) is 6.61 Å². The fourth-order valence-electron chi connectivity index (χ4n) is 2.07. The molecule has 0 aliphatic carbocycles. The molecule has 0 saturated heterocycles. The van der Waals surface area contributed by atoms with Crippen molar-refractivity contribution in [2.45, 2.75) is 58.4 Å². The molecular formula is C16H27NO3. The van der Waals surface area contributed by atoms with Gasteiger partial charge in [-0.1, -0.05) is 19.1 Å². The second-order valence-electron chi connectivity index (χ2n) is 5.42. The van der Waals surface area contributed by atoms with Crippen molar-refractivity contribution < 1.29 is 14.9 Å². The van der Waals surface area contributed by atoms with Crippen molar-refractivity contribution >= 4 is 0 Å². The summed E-state index contributed by atoms with van der Waals surface area (Å²) < 4.78 is 5.58. The Bertz CT molecular complexity index is 374. The Morgan fingerprint density at radius 1 is 1.15 bits per heavy atom. The van der Waals surface area contributed by atoms with Crippen LogP contribution in [0.5, 0.6) is 5.75 Å². The van der Waals surface area contributed by atoms with Crippen LogP contribution >= 0.6 is 0 Å². The molecule has 0 fully saturated rings. The summed E-state index contributed by atoms with van der Waals surface area (Å²) in [5, 5.41) is 22.7. The van der Waals surface area contributed by atoms with Crippen molar-refractivity contribution in [1.29, 1.82) is 0 Å². The number of aliphatic hydroxyl groups excluding tert-OH is 2. The van der Waals surface area contributed by atoms with Gasteiger partial charge in [-0.3, -0.25) is 0 Å². The van der Waals surface area contributed by atoms with Crippen molar-refractivity contribution in [2.24, 2.45) is 0 Å². The predicted molar refractivity (Wildman–Crippen MR) is 80.9 cm³/mol. The molecule has 1 aromatic carbocycles. The fourth-order valence-corrected chi connectivity index (χ4v) is 2.07. The van der Waals surface area contributed by atoms with Gasteiger partial charge in [0.2, 0.25) is 0 Å². The van der Waals surface area contributed by atoms with Crippen LogP contribution in [0.25, 0.3) is 0 Å². The second kappa shape index (κ2) is 8.25. The molecule has 4 heteroatoms. The van der Waals surface area contributed by atoms with Crippen LogP contribution in [-0.2, 0) is 0 Å². The van der Waals surface area contributed by atoms with E-state index in [-0.39, 0.29) is 24.8 Å². The van der Waals surface area contributed by atoms with Crippen LogP contribution in [0.2, 0.25) is 0 Å². The number of nitrogens with one attached hydrogen (secondary N) is 1. The third kappa shape index (κ3) is 5.12. The van der Waals surface area contributed by atoms with Crippen molar-refractivity contribution in [1.82, 2.24) is 5.32 Å². The predicted octanol–water partition coefficient (Wildman–Crippen LogP) is 2.26. The Labute approximate surface area is 121 Å². The molecule has 0 radical (unpaired) electrons. The minimum atomic E-state index is -0.608. The molecule has 0 heterocycles. The molecule has 4 nitrogen and oxygen atoms in total. The van der Waals surface area contributed by atoms with Gasteiger partial charge in [-0.15, -0.1) is 0 Å². The van der Waals surface area contributed by atoms with E-state index < -0.39 is 6.10 Å². The Kier molecular flexibility index (Phi) is 6.99. The molecule has 1 rings (SSSR count). The molecule has 0 aliphatic rings. The van der Waals surface area contributed by atoms with Gasteiger partial charge < -0.3 is 20.3 Å². The average molecular weight is 281 g/mol. The number of rotatable bonds is 8. The zero-order chi connectivity index (χ0) is 15.1. The van der Waals surface area contributed by atoms with Crippen LogP contribution in [0.1, 0.15) is 45.8 Å². The molecule has 0 saturated carbocycles. The maximum absolute atomic E-state index is 10.3. The largest absolute Gasteiger partial charge is 0.491 e. The topological polar surface area (TPSA) is 61.7 Å². The first-order valence-electron chi connectivity index (χ1n) is 7.29. The first kappa shape index (κ1) is 17.0. The molecule has 0 spiro atoms. The van der Waals surface area contributed by atoms with Crippen LogP contribution in [0.4, 0.5) is 0 Å². The van der Waals surface area contributed by atoms with Gasteiger partial charge in [-0.05, 0) is 44.9 Å². The summed E-state index contributed by atoms with van der Waals surface area (Å²) in [6.45, 7) is 7.96. The zero-order valence-corrected chi connectivity index (χ0v) is 12.8. The van der Waals surface area contributed by atoms with E-state index >= 15 is 0 Å². The third-order valence-corrected chi connectivity index (χ3v) is 3.28. The lowest BCUT2D eigenvalue weighted by atomic mass is 10.0. The van der Waals surface area contributed by atoms with E-state index in [9.17, 15) is 10.2 Å². The maximum atomic E-state index is 10.3. The molecule has 114 valence electrons. The van der Waals surface area contributed by atoms with E-state index in [1.165, 1.54) is 0 Å². The highest BCUT2D eigenvalue weighted by molar-refractivity contribution is 5.29. The van der Waals surface area contributed by atoms with Crippen LogP contribution in [-0.4, -0.2) is 35.0 Å². The van der Waals surface area contributed by atoms with E-state index in [1.807, 2.05) is 52.0 Å². The normalized spacial score (nSPS) is 15.9. The van der Waals surface area contributed by atoms with Gasteiger partial charge in [-0.2, -0.15) is 0 Å². The maximum Gasteiger partial charge on any atom is 0.119 e. The smallest absolute Gasteiger partial charge is 0.119 e. The van der Waals surface area contributed by atoms with Gasteiger partial charge in [0, 0.05) is 12.1 Å². The lowest BCUT2D eigenvalue weighted by Crippen LogP contribution is -2.41. The number of benzene rings is 1. The van der Waals surface area contributed by atoms with E-state index in [0.717, 1.165) is 17.7 Å². The number of ether oxygens (including phenoxy) is 1. The van der Waals surface area contributed by atoms with Gasteiger partial charge >= 0.3 is 0 Å². The number of hydrogen-bond donors (Lipinski definition) is 3. The fraction of sp³-hybridized carbons (Fsp3) is 0.625. The Morgan fingerprint density at radius 3 is 2.20 bits per heavy atom. The Balaban J connectivity index is 2.64. The van der Waals surface area contributed by atoms with E-state index in [0.29, 0.717) is 0 Å². The highest BCUT2D eigenvalue weighted by Crippen LogP contribution is 2.21. The van der Waals surface area contributed by atoms with Crippen molar-refractivity contribution in [3.63, 3.8) is 0 Å². The standard InChI is InChI=1S/C16H27NO3/c1-5-14(10-18)17-12(4)16(19)13-6-8-15(9-7-13)20-11(2)3/h6-9,11-12,14,16-19H,5,10H2,1-4H3. The average Bonchev–Trinajstić information content (AvgIpc) is 2.43. The zero-order valence-electron chi connectivity index (χ0n) is 12.8. The lowest BCUT2D eigenvalue weighted by Gasteiger charge is -2.25. The Morgan fingerprint density at radius 2 is 1.75 bits per heavy atom. The molecule has 0 bridgehead atoms. The first-order chi connectivity index (χ1) is 9.47. The molecule has 1 aromatic rings. The second-order valence-corrected chi connectivity index (χ2v) is 5.42. The molecule has 3 unspecified atom stereocenters. The molecule has 20 heavy (non-hydrogen) atoms. The van der Waals surface area contributed by atoms with E-state index in [2.05, 4.69) is 5.32 Å². The summed E-state index contributed by atoms with van der Waals surface area (Å²) in [6.07, 6.45) is 0.360. The quantitative estimate of drug-likeness (QED) is 0.684. The van der Waals surface area contributed by atoms with Crippen LogP contribution in [0.3, 0.4) is 0 Å². The summed E-state index contributed by atoms with van der Waals surface area (Å²) in [4.78, 5) is 0. The lowest BCUT2D eigenvalue weighted by molar-refractivity contribution is 0.118.